The van der Waals surface area contributed by atoms with Crippen LogP contribution in [0.25, 0.3) is 11.2 Å². The number of pyridine rings is 1. The zero-order valence-corrected chi connectivity index (χ0v) is 12.1. The average Bonchev–Trinajstić information content (AvgIpc) is 2.92. The molecule has 0 fully saturated rings. The molecule has 3 rings (SSSR count). The fourth-order valence-electron chi connectivity index (χ4n) is 1.92. The highest BCUT2D eigenvalue weighted by Crippen LogP contribution is 2.15. The van der Waals surface area contributed by atoms with Gasteiger partial charge in [-0.15, -0.1) is 0 Å². The maximum absolute atomic E-state index is 4.42. The van der Waals surface area contributed by atoms with Gasteiger partial charge in [0.1, 0.15) is 11.3 Å². The first-order chi connectivity index (χ1) is 10.2. The molecule has 0 radical (unpaired) electrons. The van der Waals surface area contributed by atoms with Crippen LogP contribution in [0.4, 0.5) is 11.5 Å². The molecule has 3 aromatic heterocycles. The molecule has 0 unspecified atom stereocenters. The predicted molar refractivity (Wildman–Crippen MR) is 81.4 cm³/mol. The average molecular weight is 283 g/mol. The van der Waals surface area contributed by atoms with Gasteiger partial charge in [0.05, 0.1) is 18.4 Å². The second-order valence-electron chi connectivity index (χ2n) is 5.02. The zero-order chi connectivity index (χ0) is 14.7. The summed E-state index contributed by atoms with van der Waals surface area (Å²) in [5, 5.41) is 7.55. The van der Waals surface area contributed by atoms with Crippen molar-refractivity contribution >= 4 is 22.7 Å². The van der Waals surface area contributed by atoms with Crippen LogP contribution in [-0.4, -0.2) is 50.3 Å². The van der Waals surface area contributed by atoms with Crippen molar-refractivity contribution in [2.45, 2.75) is 6.54 Å². The Morgan fingerprint density at radius 2 is 2.05 bits per heavy atom. The largest absolute Gasteiger partial charge is 0.338 e. The zero-order valence-electron chi connectivity index (χ0n) is 12.1. The molecule has 3 aromatic rings. The van der Waals surface area contributed by atoms with Gasteiger partial charge in [0, 0.05) is 25.1 Å². The smallest absolute Gasteiger partial charge is 0.180 e. The molecule has 21 heavy (non-hydrogen) atoms. The fraction of sp³-hybridized carbons (Fsp3) is 0.286. The standard InChI is InChI=1S/C14H17N7/c1-20(2)7-8-21-10-11(9-17-21)18-13-4-3-12-14(19-13)16-6-5-15-12/h3-6,9-10H,7-8H2,1-2H3,(H,16,18,19). The summed E-state index contributed by atoms with van der Waals surface area (Å²) in [6.45, 7) is 1.80. The van der Waals surface area contributed by atoms with Gasteiger partial charge < -0.3 is 10.2 Å². The molecule has 0 saturated carbocycles. The molecule has 0 aliphatic carbocycles. The number of aromatic nitrogens is 5. The maximum Gasteiger partial charge on any atom is 0.180 e. The van der Waals surface area contributed by atoms with Crippen LogP contribution in [0.1, 0.15) is 0 Å². The first kappa shape index (κ1) is 13.4. The number of fused-ring (bicyclic) bond motifs is 1. The third-order valence-electron chi connectivity index (χ3n) is 3.01. The van der Waals surface area contributed by atoms with Crippen molar-refractivity contribution in [3.63, 3.8) is 0 Å². The van der Waals surface area contributed by atoms with Crippen LogP contribution in [0, 0.1) is 0 Å². The van der Waals surface area contributed by atoms with Gasteiger partial charge in [-0.1, -0.05) is 0 Å². The predicted octanol–water partition coefficient (Wildman–Crippen LogP) is 1.53. The van der Waals surface area contributed by atoms with Gasteiger partial charge in [0.25, 0.3) is 0 Å². The SMILES string of the molecule is CN(C)CCn1cc(Nc2ccc3nccnc3n2)cn1. The summed E-state index contributed by atoms with van der Waals surface area (Å²) in [6.07, 6.45) is 7.05. The van der Waals surface area contributed by atoms with Crippen molar-refractivity contribution in [1.82, 2.24) is 29.6 Å². The Labute approximate surface area is 122 Å². The molecule has 0 amide bonds. The van der Waals surface area contributed by atoms with Crippen LogP contribution in [0.3, 0.4) is 0 Å². The van der Waals surface area contributed by atoms with Crippen LogP contribution in [0.2, 0.25) is 0 Å². The molecule has 0 atom stereocenters. The highest BCUT2D eigenvalue weighted by atomic mass is 15.3. The molecule has 0 aliphatic rings. The minimum absolute atomic E-state index is 0.627. The lowest BCUT2D eigenvalue weighted by Gasteiger charge is -2.08. The van der Waals surface area contributed by atoms with E-state index in [-0.39, 0.29) is 0 Å². The molecule has 1 N–H and O–H groups in total. The number of likely N-dealkylation sites (N-methyl/N-ethyl adjacent to an activating group) is 1. The van der Waals surface area contributed by atoms with E-state index in [0.717, 1.165) is 30.1 Å². The van der Waals surface area contributed by atoms with Gasteiger partial charge in [-0.3, -0.25) is 9.67 Å². The minimum Gasteiger partial charge on any atom is -0.338 e. The number of anilines is 2. The van der Waals surface area contributed by atoms with E-state index in [1.165, 1.54) is 0 Å². The Morgan fingerprint density at radius 3 is 2.90 bits per heavy atom. The van der Waals surface area contributed by atoms with Gasteiger partial charge in [0.2, 0.25) is 0 Å². The van der Waals surface area contributed by atoms with Crippen molar-refractivity contribution in [1.29, 1.82) is 0 Å². The maximum atomic E-state index is 4.42. The minimum atomic E-state index is 0.627. The van der Waals surface area contributed by atoms with Crippen molar-refractivity contribution < 1.29 is 0 Å². The van der Waals surface area contributed by atoms with Crippen molar-refractivity contribution in [2.24, 2.45) is 0 Å². The molecule has 0 bridgehead atoms. The topological polar surface area (TPSA) is 71.8 Å². The second kappa shape index (κ2) is 5.84. The Bertz CT molecular complexity index is 735. The van der Waals surface area contributed by atoms with Crippen molar-refractivity contribution in [2.75, 3.05) is 26.0 Å². The molecule has 0 aromatic carbocycles. The Morgan fingerprint density at radius 1 is 1.19 bits per heavy atom. The number of hydrogen-bond acceptors (Lipinski definition) is 6. The van der Waals surface area contributed by atoms with E-state index in [2.05, 4.69) is 30.3 Å². The summed E-state index contributed by atoms with van der Waals surface area (Å²) in [6, 6.07) is 3.78. The lowest BCUT2D eigenvalue weighted by Crippen LogP contribution is -2.18. The number of nitrogens with zero attached hydrogens (tertiary/aromatic N) is 6. The van der Waals surface area contributed by atoms with Gasteiger partial charge in [-0.2, -0.15) is 5.10 Å². The molecule has 0 saturated heterocycles. The summed E-state index contributed by atoms with van der Waals surface area (Å²) in [5.41, 5.74) is 2.32. The quantitative estimate of drug-likeness (QED) is 0.765. The number of hydrogen-bond donors (Lipinski definition) is 1. The van der Waals surface area contributed by atoms with Crippen LogP contribution in [-0.2, 0) is 6.54 Å². The number of nitrogens with one attached hydrogen (secondary N) is 1. The van der Waals surface area contributed by atoms with Crippen LogP contribution in [0.5, 0.6) is 0 Å². The van der Waals surface area contributed by atoms with Gasteiger partial charge in [-0.05, 0) is 26.2 Å². The summed E-state index contributed by atoms with van der Waals surface area (Å²) >= 11 is 0. The van der Waals surface area contributed by atoms with Crippen LogP contribution >= 0.6 is 0 Å². The fourth-order valence-corrected chi connectivity index (χ4v) is 1.92. The van der Waals surface area contributed by atoms with Gasteiger partial charge in [-0.25, -0.2) is 9.97 Å². The molecular weight excluding hydrogens is 266 g/mol. The van der Waals surface area contributed by atoms with Crippen LogP contribution < -0.4 is 5.32 Å². The molecule has 7 nitrogen and oxygen atoms in total. The first-order valence-electron chi connectivity index (χ1n) is 6.73. The molecule has 0 aliphatic heterocycles. The molecule has 0 spiro atoms. The molecule has 3 heterocycles. The normalized spacial score (nSPS) is 11.2. The van der Waals surface area contributed by atoms with E-state index >= 15 is 0 Å². The van der Waals surface area contributed by atoms with E-state index in [9.17, 15) is 0 Å². The third kappa shape index (κ3) is 3.32. The monoisotopic (exact) mass is 283 g/mol. The Hall–Kier alpha value is -2.54. The Kier molecular flexibility index (Phi) is 3.74. The summed E-state index contributed by atoms with van der Waals surface area (Å²) < 4.78 is 1.91. The first-order valence-corrected chi connectivity index (χ1v) is 6.73. The number of rotatable bonds is 5. The van der Waals surface area contributed by atoms with E-state index < -0.39 is 0 Å². The van der Waals surface area contributed by atoms with E-state index in [1.807, 2.05) is 37.1 Å². The van der Waals surface area contributed by atoms with Crippen molar-refractivity contribution in [3.05, 3.63) is 36.9 Å². The van der Waals surface area contributed by atoms with E-state index in [0.29, 0.717) is 5.65 Å². The lowest BCUT2D eigenvalue weighted by molar-refractivity contribution is 0.373. The van der Waals surface area contributed by atoms with Gasteiger partial charge in [0.15, 0.2) is 5.65 Å². The Balaban J connectivity index is 1.72. The molecular formula is C14H17N7. The summed E-state index contributed by atoms with van der Waals surface area (Å²) in [4.78, 5) is 14.9. The second-order valence-corrected chi connectivity index (χ2v) is 5.02. The van der Waals surface area contributed by atoms with E-state index in [1.54, 1.807) is 18.6 Å². The van der Waals surface area contributed by atoms with E-state index in [4.69, 9.17) is 0 Å². The molecule has 108 valence electrons. The van der Waals surface area contributed by atoms with Crippen molar-refractivity contribution in [3.8, 4) is 0 Å². The highest BCUT2D eigenvalue weighted by molar-refractivity contribution is 5.72. The third-order valence-corrected chi connectivity index (χ3v) is 3.01. The van der Waals surface area contributed by atoms with Crippen LogP contribution in [0.15, 0.2) is 36.9 Å². The molecule has 7 heteroatoms. The summed E-state index contributed by atoms with van der Waals surface area (Å²) in [5.74, 6) is 0.732. The highest BCUT2D eigenvalue weighted by Gasteiger charge is 2.03. The van der Waals surface area contributed by atoms with Gasteiger partial charge >= 0.3 is 0 Å². The lowest BCUT2D eigenvalue weighted by atomic mass is 10.4. The summed E-state index contributed by atoms with van der Waals surface area (Å²) in [7, 11) is 4.09.